The molecule has 4 fully saturated rings. The van der Waals surface area contributed by atoms with Crippen LogP contribution in [-0.2, 0) is 70.0 Å². The Kier molecular flexibility index (Phi) is 25.9. The number of oxime groups is 1. The smallest absolute Gasteiger partial charge is 0.356 e. The van der Waals surface area contributed by atoms with E-state index in [2.05, 4.69) is 44.2 Å². The Balaban J connectivity index is 2.13. The minimum atomic E-state index is -3.94. The molecule has 0 aromatic rings. The molecule has 4 rings (SSSR count). The molecule has 0 aromatic heterocycles. The van der Waals surface area contributed by atoms with E-state index in [1.807, 2.05) is 69.5 Å². The second-order valence-corrected chi connectivity index (χ2v) is 37.3. The standard InChI is InChI=1S/C57H111N2O17PSi2/c1-24-44-56(14,62)49(60)39(8)46(58-76-57(73-36(4)5)30-28-27-29-31-57)37(6)33-55(13,65-35-77(63,66-25-2)67-26-3)50(72-53-48(74-78(18,19)20)43(59(15)16)32-38(7)68-53)40(9)47(41(10)52(61)70-44)71-45-34-54(12,64-17)51(42(11)69-45)75-79(21,22)23/h36-45,47-51,53,60,62H,24-35H2,1-23H3/t37-,38-,39+,40+,41-,42+,43+,44-,45+,47+,48-,49-,50-,51+,53+,54-,55+,56-/m1/s1. The highest BCUT2D eigenvalue weighted by Crippen LogP contribution is 2.51. The van der Waals surface area contributed by atoms with Crippen molar-refractivity contribution < 1.29 is 80.2 Å². The second kappa shape index (κ2) is 29.0. The zero-order valence-electron chi connectivity index (χ0n) is 53.1. The number of cyclic esters (lactones) is 1. The first-order valence-corrected chi connectivity index (χ1v) is 38.2. The molecule has 0 spiro atoms. The minimum Gasteiger partial charge on any atom is -0.459 e. The van der Waals surface area contributed by atoms with Crippen LogP contribution in [0, 0.1) is 23.7 Å². The van der Waals surface area contributed by atoms with Gasteiger partial charge < -0.3 is 75.7 Å². The van der Waals surface area contributed by atoms with Crippen LogP contribution in [0.25, 0.3) is 0 Å². The number of methoxy groups -OCH3 is 1. The largest absolute Gasteiger partial charge is 0.459 e. The van der Waals surface area contributed by atoms with Gasteiger partial charge in [0, 0.05) is 50.2 Å². The summed E-state index contributed by atoms with van der Waals surface area (Å²) >= 11 is 0. The molecule has 0 unspecified atom stereocenters. The normalized spacial score (nSPS) is 39.4. The Bertz CT molecular complexity index is 1960. The van der Waals surface area contributed by atoms with Crippen LogP contribution in [0.5, 0.6) is 0 Å². The Labute approximate surface area is 478 Å². The Morgan fingerprint density at radius 3 is 1.92 bits per heavy atom. The van der Waals surface area contributed by atoms with E-state index < -0.39 is 138 Å². The van der Waals surface area contributed by atoms with E-state index in [1.165, 1.54) is 6.92 Å². The van der Waals surface area contributed by atoms with Gasteiger partial charge in [0.25, 0.3) is 0 Å². The van der Waals surface area contributed by atoms with Gasteiger partial charge in [0.1, 0.15) is 24.2 Å². The summed E-state index contributed by atoms with van der Waals surface area (Å²) in [7, 11) is -2.69. The fourth-order valence-corrected chi connectivity index (χ4v) is 16.2. The molecule has 3 heterocycles. The van der Waals surface area contributed by atoms with Crippen LogP contribution in [-0.4, -0.2) is 180 Å². The van der Waals surface area contributed by atoms with Crippen molar-refractivity contribution in [3.05, 3.63) is 0 Å². The summed E-state index contributed by atoms with van der Waals surface area (Å²) < 4.78 is 95.5. The number of aliphatic hydroxyl groups is 2. The van der Waals surface area contributed by atoms with E-state index in [0.717, 1.165) is 19.3 Å². The monoisotopic (exact) mass is 1180 g/mol. The topological polar surface area (TPSA) is 210 Å². The summed E-state index contributed by atoms with van der Waals surface area (Å²) in [6.07, 6.45) is -4.22. The average molecular weight is 1180 g/mol. The van der Waals surface area contributed by atoms with Gasteiger partial charge in [-0.25, -0.2) is 0 Å². The van der Waals surface area contributed by atoms with Crippen LogP contribution in [0.3, 0.4) is 0 Å². The van der Waals surface area contributed by atoms with Gasteiger partial charge in [0.15, 0.2) is 29.2 Å². The van der Waals surface area contributed by atoms with Crippen molar-refractivity contribution in [3.63, 3.8) is 0 Å². The fourth-order valence-electron chi connectivity index (χ4n) is 12.4. The molecule has 0 aromatic carbocycles. The molecule has 464 valence electrons. The molecule has 1 aliphatic carbocycles. The number of hydrogen-bond acceptors (Lipinski definition) is 19. The molecular weight excluding hydrogens is 1070 g/mol. The number of rotatable bonds is 22. The van der Waals surface area contributed by atoms with Gasteiger partial charge in [-0.1, -0.05) is 39.3 Å². The van der Waals surface area contributed by atoms with E-state index in [4.69, 9.17) is 65.8 Å². The van der Waals surface area contributed by atoms with E-state index >= 15 is 4.79 Å². The number of carbonyl (C=O) groups is 1. The lowest BCUT2D eigenvalue weighted by molar-refractivity contribution is -0.317. The number of carbonyl (C=O) groups excluding carboxylic acids is 1. The van der Waals surface area contributed by atoms with E-state index in [-0.39, 0.29) is 50.7 Å². The van der Waals surface area contributed by atoms with Crippen molar-refractivity contribution in [2.75, 3.05) is 40.8 Å². The zero-order valence-corrected chi connectivity index (χ0v) is 56.0. The third kappa shape index (κ3) is 18.8. The van der Waals surface area contributed by atoms with Crippen LogP contribution >= 0.6 is 7.60 Å². The van der Waals surface area contributed by atoms with Crippen molar-refractivity contribution in [2.24, 2.45) is 28.8 Å². The first-order chi connectivity index (χ1) is 36.4. The highest BCUT2D eigenvalue weighted by Gasteiger charge is 2.56. The van der Waals surface area contributed by atoms with Crippen molar-refractivity contribution >= 4 is 35.9 Å². The third-order valence-corrected chi connectivity index (χ3v) is 20.0. The van der Waals surface area contributed by atoms with Crippen LogP contribution in [0.4, 0.5) is 0 Å². The Morgan fingerprint density at radius 2 is 1.41 bits per heavy atom. The van der Waals surface area contributed by atoms with Crippen molar-refractivity contribution in [1.29, 1.82) is 0 Å². The molecule has 19 nitrogen and oxygen atoms in total. The number of nitrogens with zero attached hydrogens (tertiary/aromatic N) is 2. The van der Waals surface area contributed by atoms with Gasteiger partial charge >= 0.3 is 13.6 Å². The molecule has 3 saturated heterocycles. The number of esters is 1. The lowest BCUT2D eigenvalue weighted by Crippen LogP contribution is -2.63. The van der Waals surface area contributed by atoms with Gasteiger partial charge in [-0.05, 0) is 155 Å². The molecule has 18 atom stereocenters. The molecule has 2 N–H and O–H groups in total. The quantitative estimate of drug-likeness (QED) is 0.0339. The van der Waals surface area contributed by atoms with E-state index in [0.29, 0.717) is 25.0 Å². The highest BCUT2D eigenvalue weighted by molar-refractivity contribution is 7.53. The lowest BCUT2D eigenvalue weighted by Gasteiger charge is -2.52. The summed E-state index contributed by atoms with van der Waals surface area (Å²) in [4.78, 5) is 24.0. The highest BCUT2D eigenvalue weighted by atomic mass is 31.2. The number of hydrogen-bond donors (Lipinski definition) is 2. The first-order valence-electron chi connectivity index (χ1n) is 29.7. The summed E-state index contributed by atoms with van der Waals surface area (Å²) in [6, 6.07) is -0.134. The van der Waals surface area contributed by atoms with Gasteiger partial charge in [-0.2, -0.15) is 0 Å². The predicted octanol–water partition coefficient (Wildman–Crippen LogP) is 10.6. The first kappa shape index (κ1) is 70.5. The number of ether oxygens (including phenoxy) is 8. The van der Waals surface area contributed by atoms with E-state index in [1.54, 1.807) is 41.7 Å². The van der Waals surface area contributed by atoms with Crippen molar-refractivity contribution in [1.82, 2.24) is 4.90 Å². The van der Waals surface area contributed by atoms with Crippen LogP contribution in [0.15, 0.2) is 5.16 Å². The molecule has 0 bridgehead atoms. The van der Waals surface area contributed by atoms with Gasteiger partial charge in [-0.3, -0.25) is 9.36 Å². The van der Waals surface area contributed by atoms with Crippen LogP contribution in [0.1, 0.15) is 155 Å². The molecular formula is C57H111N2O17PSi2. The predicted molar refractivity (Wildman–Crippen MR) is 311 cm³/mol. The summed E-state index contributed by atoms with van der Waals surface area (Å²) in [5.74, 6) is -5.16. The SMILES string of the molecule is CCOP(=O)(CO[C@@]1(C)C[C@@H](C)C(=NOC2(OC(C)C)CCCCC2)[C@H](C)[C@@H](O)[C@](C)(O)[C@@H](CC)OC(=O)[C@H](C)[C@@H](O[C@H]2C[C@@](C)(OC)[C@@H](O[Si](C)(C)C)[C@H](C)O2)[C@H](C)[C@H]1O[C@@H]1O[C@H](C)C[C@H](N(C)C)[C@H]1O[Si](C)(C)C)OCC. The van der Waals surface area contributed by atoms with E-state index in [9.17, 15) is 14.8 Å². The summed E-state index contributed by atoms with van der Waals surface area (Å²) in [6.45, 7) is 38.9. The Hall–Kier alpha value is -0.956. The molecule has 0 amide bonds. The molecule has 3 aliphatic heterocycles. The van der Waals surface area contributed by atoms with Crippen LogP contribution in [0.2, 0.25) is 39.3 Å². The number of aliphatic hydroxyl groups excluding tert-OH is 1. The molecule has 22 heteroatoms. The molecule has 4 aliphatic rings. The van der Waals surface area contributed by atoms with Gasteiger partial charge in [0.2, 0.25) is 5.79 Å². The van der Waals surface area contributed by atoms with Gasteiger partial charge in [0.05, 0.1) is 78.8 Å². The Morgan fingerprint density at radius 1 is 0.810 bits per heavy atom. The fraction of sp³-hybridized carbons (Fsp3) is 0.965. The number of likely N-dealkylation sites (N-methyl/N-ethyl adjacent to an activating group) is 1. The average Bonchev–Trinajstić information content (AvgIpc) is 3.36. The summed E-state index contributed by atoms with van der Waals surface area (Å²) in [5.41, 5.74) is -4.02. The molecule has 0 radical (unpaired) electrons. The molecule has 1 saturated carbocycles. The second-order valence-electron chi connectivity index (χ2n) is 26.4. The lowest BCUT2D eigenvalue weighted by atomic mass is 9.73. The van der Waals surface area contributed by atoms with Crippen molar-refractivity contribution in [3.8, 4) is 0 Å². The summed E-state index contributed by atoms with van der Waals surface area (Å²) in [5, 5.41) is 30.2. The van der Waals surface area contributed by atoms with Gasteiger partial charge in [-0.15, -0.1) is 0 Å². The van der Waals surface area contributed by atoms with Crippen molar-refractivity contribution in [2.45, 2.75) is 290 Å². The molecule has 79 heavy (non-hydrogen) atoms. The third-order valence-electron chi connectivity index (χ3n) is 16.3. The minimum absolute atomic E-state index is 0.0792. The zero-order chi connectivity index (χ0) is 59.9. The maximum atomic E-state index is 15.2. The maximum Gasteiger partial charge on any atom is 0.356 e. The van der Waals surface area contributed by atoms with Crippen LogP contribution < -0.4 is 0 Å². The maximum absolute atomic E-state index is 15.2.